The van der Waals surface area contributed by atoms with Gasteiger partial charge in [-0.1, -0.05) is 43.7 Å². The Morgan fingerprint density at radius 1 is 0.935 bits per heavy atom. The highest BCUT2D eigenvalue weighted by Crippen LogP contribution is 2.31. The van der Waals surface area contributed by atoms with Gasteiger partial charge in [-0.25, -0.2) is 4.79 Å². The Balaban J connectivity index is 1.87. The Bertz CT molecular complexity index is 852. The lowest BCUT2D eigenvalue weighted by Crippen LogP contribution is -2.39. The molecule has 2 aromatic carbocycles. The summed E-state index contributed by atoms with van der Waals surface area (Å²) in [6.45, 7) is 7.62. The number of carbonyl (C=O) groups is 2. The smallest absolute Gasteiger partial charge is 0.319 e. The number of benzene rings is 2. The molecule has 2 rings (SSSR count). The van der Waals surface area contributed by atoms with Crippen LogP contribution in [-0.2, 0) is 11.3 Å². The Kier molecular flexibility index (Phi) is 9.68. The fourth-order valence-corrected chi connectivity index (χ4v) is 2.76. The van der Waals surface area contributed by atoms with Gasteiger partial charge in [0.2, 0.25) is 5.91 Å². The van der Waals surface area contributed by atoms with Gasteiger partial charge in [-0.3, -0.25) is 4.79 Å². The van der Waals surface area contributed by atoms with Gasteiger partial charge < -0.3 is 25.0 Å². The summed E-state index contributed by atoms with van der Waals surface area (Å²) in [5.41, 5.74) is 2.77. The van der Waals surface area contributed by atoms with Crippen molar-refractivity contribution in [1.82, 2.24) is 10.2 Å². The first-order valence-corrected chi connectivity index (χ1v) is 10.7. The first-order valence-electron chi connectivity index (χ1n) is 10.7. The summed E-state index contributed by atoms with van der Waals surface area (Å²) in [6, 6.07) is 12.8. The predicted molar refractivity (Wildman–Crippen MR) is 123 cm³/mol. The number of hydrogen-bond donors (Lipinski definition) is 2. The first kappa shape index (κ1) is 24.1. The molecule has 0 spiro atoms. The fraction of sp³-hybridized carbons (Fsp3) is 0.417. The summed E-state index contributed by atoms with van der Waals surface area (Å²) in [4.78, 5) is 26.2. The predicted octanol–water partition coefficient (Wildman–Crippen LogP) is 4.35. The lowest BCUT2D eigenvalue weighted by Gasteiger charge is -2.18. The van der Waals surface area contributed by atoms with Crippen LogP contribution in [0.2, 0.25) is 0 Å². The van der Waals surface area contributed by atoms with E-state index in [0.29, 0.717) is 36.9 Å². The van der Waals surface area contributed by atoms with Gasteiger partial charge in [0.15, 0.2) is 11.5 Å². The van der Waals surface area contributed by atoms with Crippen LogP contribution >= 0.6 is 0 Å². The number of nitrogens with one attached hydrogen (secondary N) is 2. The number of hydrogen-bond acceptors (Lipinski definition) is 4. The van der Waals surface area contributed by atoms with Crippen LogP contribution in [-0.4, -0.2) is 43.6 Å². The highest BCUT2D eigenvalue weighted by molar-refractivity contribution is 5.92. The standard InChI is InChI=1S/C24H33N3O4/c1-5-13-30-21-12-11-20(15-22(21)31-14-6-2)26-24(29)25-16-23(28)27(4)17-19-9-7-18(3)8-10-19/h7-12,15H,5-6,13-14,16-17H2,1-4H3,(H2,25,26,29). The van der Waals surface area contributed by atoms with Gasteiger partial charge in [0, 0.05) is 25.3 Å². The SMILES string of the molecule is CCCOc1ccc(NC(=O)NCC(=O)N(C)Cc2ccc(C)cc2)cc1OCCC. The minimum Gasteiger partial charge on any atom is -0.490 e. The molecule has 0 saturated heterocycles. The Morgan fingerprint density at radius 2 is 1.58 bits per heavy atom. The van der Waals surface area contributed by atoms with Crippen LogP contribution in [0.5, 0.6) is 11.5 Å². The minimum absolute atomic E-state index is 0.0922. The number of likely N-dealkylation sites (N-methyl/N-ethyl adjacent to an activating group) is 1. The zero-order chi connectivity index (χ0) is 22.6. The Labute approximate surface area is 184 Å². The molecule has 2 N–H and O–H groups in total. The maximum atomic E-state index is 12.3. The molecule has 0 aliphatic carbocycles. The zero-order valence-corrected chi connectivity index (χ0v) is 18.9. The van der Waals surface area contributed by atoms with E-state index in [4.69, 9.17) is 9.47 Å². The molecule has 0 aliphatic rings. The number of aryl methyl sites for hydroxylation is 1. The molecule has 0 radical (unpaired) electrons. The van der Waals surface area contributed by atoms with Gasteiger partial charge in [-0.2, -0.15) is 0 Å². The normalized spacial score (nSPS) is 10.3. The van der Waals surface area contributed by atoms with Crippen LogP contribution in [0, 0.1) is 6.92 Å². The summed E-state index contributed by atoms with van der Waals surface area (Å²) in [6.07, 6.45) is 1.76. The van der Waals surface area contributed by atoms with E-state index in [1.807, 2.05) is 45.0 Å². The second kappa shape index (κ2) is 12.5. The molecule has 0 unspecified atom stereocenters. The van der Waals surface area contributed by atoms with Gasteiger partial charge >= 0.3 is 6.03 Å². The number of anilines is 1. The molecule has 0 atom stereocenters. The quantitative estimate of drug-likeness (QED) is 0.559. The highest BCUT2D eigenvalue weighted by Gasteiger charge is 2.12. The summed E-state index contributed by atoms with van der Waals surface area (Å²) in [5, 5.41) is 5.34. The van der Waals surface area contributed by atoms with Crippen LogP contribution in [0.3, 0.4) is 0 Å². The third kappa shape index (κ3) is 8.20. The molecular weight excluding hydrogens is 394 g/mol. The monoisotopic (exact) mass is 427 g/mol. The van der Waals surface area contributed by atoms with Crippen LogP contribution in [0.25, 0.3) is 0 Å². The van der Waals surface area contributed by atoms with Gasteiger partial charge in [0.25, 0.3) is 0 Å². The molecule has 168 valence electrons. The fourth-order valence-electron chi connectivity index (χ4n) is 2.76. The molecule has 31 heavy (non-hydrogen) atoms. The van der Waals surface area contributed by atoms with Gasteiger partial charge in [0.1, 0.15) is 0 Å². The van der Waals surface area contributed by atoms with E-state index in [2.05, 4.69) is 10.6 Å². The van der Waals surface area contributed by atoms with Crippen LogP contribution in [0.1, 0.15) is 37.8 Å². The van der Waals surface area contributed by atoms with Crippen molar-refractivity contribution in [3.63, 3.8) is 0 Å². The second-order valence-electron chi connectivity index (χ2n) is 7.40. The molecule has 3 amide bonds. The number of carbonyl (C=O) groups excluding carboxylic acids is 2. The molecule has 0 fully saturated rings. The van der Waals surface area contributed by atoms with E-state index in [9.17, 15) is 9.59 Å². The summed E-state index contributed by atoms with van der Waals surface area (Å²) < 4.78 is 11.4. The Hall–Kier alpha value is -3.22. The summed E-state index contributed by atoms with van der Waals surface area (Å²) >= 11 is 0. The third-order valence-electron chi connectivity index (χ3n) is 4.49. The van der Waals surface area contributed by atoms with Gasteiger partial charge in [0.05, 0.1) is 19.8 Å². The number of urea groups is 1. The molecule has 0 heterocycles. The van der Waals surface area contributed by atoms with Crippen LogP contribution in [0.15, 0.2) is 42.5 Å². The average Bonchev–Trinajstić information content (AvgIpc) is 2.76. The van der Waals surface area contributed by atoms with Crippen LogP contribution in [0.4, 0.5) is 10.5 Å². The summed E-state index contributed by atoms with van der Waals surface area (Å²) in [5.74, 6) is 1.06. The van der Waals surface area contributed by atoms with Gasteiger partial charge in [-0.15, -0.1) is 0 Å². The zero-order valence-electron chi connectivity index (χ0n) is 18.9. The molecule has 7 heteroatoms. The van der Waals surface area contributed by atoms with Crippen molar-refractivity contribution in [2.75, 3.05) is 32.1 Å². The first-order chi connectivity index (χ1) is 14.9. The maximum absolute atomic E-state index is 12.3. The number of nitrogens with zero attached hydrogens (tertiary/aromatic N) is 1. The number of rotatable bonds is 11. The molecule has 0 aliphatic heterocycles. The highest BCUT2D eigenvalue weighted by atomic mass is 16.5. The minimum atomic E-state index is -0.458. The number of ether oxygens (including phenoxy) is 2. The Morgan fingerprint density at radius 3 is 2.23 bits per heavy atom. The lowest BCUT2D eigenvalue weighted by atomic mass is 10.1. The molecule has 0 saturated carbocycles. The van der Waals surface area contributed by atoms with Crippen molar-refractivity contribution in [3.05, 3.63) is 53.6 Å². The summed E-state index contributed by atoms with van der Waals surface area (Å²) in [7, 11) is 1.72. The lowest BCUT2D eigenvalue weighted by molar-refractivity contribution is -0.129. The van der Waals surface area contributed by atoms with E-state index in [1.54, 1.807) is 30.1 Å². The van der Waals surface area contributed by atoms with E-state index >= 15 is 0 Å². The molecule has 7 nitrogen and oxygen atoms in total. The molecular formula is C24H33N3O4. The average molecular weight is 428 g/mol. The topological polar surface area (TPSA) is 79.9 Å². The molecule has 2 aromatic rings. The molecule has 0 bridgehead atoms. The van der Waals surface area contributed by atoms with Crippen molar-refractivity contribution in [2.45, 2.75) is 40.2 Å². The van der Waals surface area contributed by atoms with Crippen LogP contribution < -0.4 is 20.1 Å². The van der Waals surface area contributed by atoms with Crippen molar-refractivity contribution < 1.29 is 19.1 Å². The number of amides is 3. The largest absolute Gasteiger partial charge is 0.490 e. The van der Waals surface area contributed by atoms with E-state index < -0.39 is 6.03 Å². The van der Waals surface area contributed by atoms with Gasteiger partial charge in [-0.05, 0) is 37.5 Å². The third-order valence-corrected chi connectivity index (χ3v) is 4.49. The van der Waals surface area contributed by atoms with Crippen molar-refractivity contribution in [3.8, 4) is 11.5 Å². The molecule has 0 aromatic heterocycles. The maximum Gasteiger partial charge on any atom is 0.319 e. The van der Waals surface area contributed by atoms with E-state index in [0.717, 1.165) is 18.4 Å². The van der Waals surface area contributed by atoms with E-state index in [1.165, 1.54) is 5.56 Å². The van der Waals surface area contributed by atoms with E-state index in [-0.39, 0.29) is 12.5 Å². The van der Waals surface area contributed by atoms with Crippen molar-refractivity contribution in [2.24, 2.45) is 0 Å². The second-order valence-corrected chi connectivity index (χ2v) is 7.40. The van der Waals surface area contributed by atoms with Crippen molar-refractivity contribution in [1.29, 1.82) is 0 Å². The van der Waals surface area contributed by atoms with Crippen molar-refractivity contribution >= 4 is 17.6 Å².